The molecule has 2 N–H and O–H groups in total. The normalized spacial score (nSPS) is 14.1. The van der Waals surface area contributed by atoms with Gasteiger partial charge in [-0.05, 0) is 35.1 Å². The Morgan fingerprint density at radius 2 is 0.722 bits per heavy atom. The predicted octanol–water partition coefficient (Wildman–Crippen LogP) is 8.30. The van der Waals surface area contributed by atoms with Gasteiger partial charge in [-0.3, -0.25) is 9.13 Å². The number of esters is 2. The van der Waals surface area contributed by atoms with Gasteiger partial charge in [-0.25, -0.2) is 9.59 Å². The highest BCUT2D eigenvalue weighted by atomic mass is 31.2. The van der Waals surface area contributed by atoms with E-state index >= 15 is 9.13 Å². The van der Waals surface area contributed by atoms with Gasteiger partial charge in [0.15, 0.2) is 0 Å². The van der Waals surface area contributed by atoms with Crippen molar-refractivity contribution in [3.8, 4) is 0 Å². The molecule has 0 saturated carbocycles. The number of hydrogen-bond donors (Lipinski definition) is 2. The van der Waals surface area contributed by atoms with E-state index < -0.39 is 64.2 Å². The SMILES string of the molecule is CCCCOC(=O)[C@](O)([C@@](O)(C(=O)OCCCC)P(=O)(OCc1ccccc1)OCc1ccccc1)P(=O)(OCc1ccccc1)OCc1ccccc1. The molecule has 14 heteroatoms. The Balaban J connectivity index is 1.98. The summed E-state index contributed by atoms with van der Waals surface area (Å²) in [6.45, 7) is 0.683. The lowest BCUT2D eigenvalue weighted by Crippen LogP contribution is -2.64. The molecule has 0 unspecified atom stereocenters. The second kappa shape index (κ2) is 20.6. The number of aliphatic hydroxyl groups is 2. The van der Waals surface area contributed by atoms with Crippen LogP contribution in [-0.2, 0) is 72.7 Å². The standard InChI is InChI=1S/C40H48O12P2/c1-3-5-27-47-37(41)39(43,53(45,49-29-33-19-11-7-12-20-33)50-30-34-21-13-8-14-22-34)40(44,38(42)48-28-6-4-2)54(46,51-31-35-23-15-9-16-24-35)52-32-36-25-17-10-18-26-36/h7-26,43-44H,3-6,27-32H2,1-2H3/t39-,40-/m1/s1. The molecule has 0 heterocycles. The van der Waals surface area contributed by atoms with Crippen molar-refractivity contribution in [1.82, 2.24) is 0 Å². The lowest BCUT2D eigenvalue weighted by Gasteiger charge is -2.44. The minimum Gasteiger partial charge on any atom is -0.463 e. The summed E-state index contributed by atoms with van der Waals surface area (Å²) < 4.78 is 65.3. The van der Waals surface area contributed by atoms with Crippen LogP contribution >= 0.6 is 15.2 Å². The lowest BCUT2D eigenvalue weighted by molar-refractivity contribution is -0.191. The number of benzene rings is 4. The monoisotopic (exact) mass is 782 g/mol. The van der Waals surface area contributed by atoms with Crippen LogP contribution < -0.4 is 0 Å². The summed E-state index contributed by atoms with van der Waals surface area (Å²) in [7, 11) is -11.4. The van der Waals surface area contributed by atoms with E-state index in [1.807, 2.05) is 0 Å². The fourth-order valence-electron chi connectivity index (χ4n) is 5.09. The quantitative estimate of drug-likeness (QED) is 0.0421. The zero-order chi connectivity index (χ0) is 38.9. The minimum atomic E-state index is -5.68. The van der Waals surface area contributed by atoms with Crippen molar-refractivity contribution >= 4 is 27.1 Å². The highest BCUT2D eigenvalue weighted by Crippen LogP contribution is 2.74. The van der Waals surface area contributed by atoms with E-state index in [0.29, 0.717) is 35.1 Å². The minimum absolute atomic E-state index is 0.272. The fourth-order valence-corrected chi connectivity index (χ4v) is 9.52. The first kappa shape index (κ1) is 42.8. The van der Waals surface area contributed by atoms with Gasteiger partial charge in [0.05, 0.1) is 39.6 Å². The third-order valence-electron chi connectivity index (χ3n) is 8.29. The van der Waals surface area contributed by atoms with Crippen molar-refractivity contribution in [3.63, 3.8) is 0 Å². The predicted molar refractivity (Wildman–Crippen MR) is 202 cm³/mol. The number of carbonyl (C=O) groups is 2. The summed E-state index contributed by atoms with van der Waals surface area (Å²) in [5.41, 5.74) is 1.67. The molecule has 2 atom stereocenters. The van der Waals surface area contributed by atoms with E-state index in [0.717, 1.165) is 0 Å². The van der Waals surface area contributed by atoms with E-state index in [4.69, 9.17) is 27.6 Å². The number of unbranched alkanes of at least 4 members (excludes halogenated alkanes) is 2. The van der Waals surface area contributed by atoms with Gasteiger partial charge in [0, 0.05) is 0 Å². The van der Waals surface area contributed by atoms with Gasteiger partial charge in [0.25, 0.3) is 0 Å². The van der Waals surface area contributed by atoms with Crippen LogP contribution in [0.1, 0.15) is 61.8 Å². The van der Waals surface area contributed by atoms with Gasteiger partial charge in [-0.15, -0.1) is 0 Å². The van der Waals surface area contributed by atoms with Crippen LogP contribution in [0.25, 0.3) is 0 Å². The molecule has 0 aliphatic heterocycles. The molecule has 290 valence electrons. The molecule has 0 spiro atoms. The Bertz CT molecular complexity index is 1600. The van der Waals surface area contributed by atoms with Crippen LogP contribution in [0.5, 0.6) is 0 Å². The third-order valence-corrected chi connectivity index (χ3v) is 12.9. The average Bonchev–Trinajstić information content (AvgIpc) is 3.21. The van der Waals surface area contributed by atoms with Crippen LogP contribution in [0.2, 0.25) is 0 Å². The fraction of sp³-hybridized carbons (Fsp3) is 0.350. The van der Waals surface area contributed by atoms with Crippen LogP contribution in [-0.4, -0.2) is 46.0 Å². The molecule has 0 fully saturated rings. The smallest absolute Gasteiger partial charge is 0.378 e. The summed E-state index contributed by atoms with van der Waals surface area (Å²) >= 11 is 0. The zero-order valence-corrected chi connectivity index (χ0v) is 32.3. The summed E-state index contributed by atoms with van der Waals surface area (Å²) in [5.74, 6) is -3.66. The van der Waals surface area contributed by atoms with Crippen LogP contribution in [0.15, 0.2) is 121 Å². The topological polar surface area (TPSA) is 164 Å². The average molecular weight is 783 g/mol. The van der Waals surface area contributed by atoms with Crippen LogP contribution in [0.4, 0.5) is 0 Å². The second-order valence-electron chi connectivity index (χ2n) is 12.4. The zero-order valence-electron chi connectivity index (χ0n) is 30.5. The highest BCUT2D eigenvalue weighted by Gasteiger charge is 2.82. The molecule has 0 bridgehead atoms. The van der Waals surface area contributed by atoms with Crippen molar-refractivity contribution in [2.45, 2.75) is 76.6 Å². The lowest BCUT2D eigenvalue weighted by atomic mass is 10.2. The Kier molecular flexibility index (Phi) is 16.4. The molecule has 0 aliphatic carbocycles. The Morgan fingerprint density at radius 3 is 0.944 bits per heavy atom. The second-order valence-corrected chi connectivity index (χ2v) is 16.7. The van der Waals surface area contributed by atoms with Crippen molar-refractivity contribution in [2.75, 3.05) is 13.2 Å². The maximum absolute atomic E-state index is 15.5. The van der Waals surface area contributed by atoms with E-state index in [1.54, 1.807) is 135 Å². The van der Waals surface area contributed by atoms with Crippen LogP contribution in [0, 0.1) is 0 Å². The Morgan fingerprint density at radius 1 is 0.481 bits per heavy atom. The first-order chi connectivity index (χ1) is 26.0. The molecule has 0 aliphatic rings. The molecular weight excluding hydrogens is 734 g/mol. The summed E-state index contributed by atoms with van der Waals surface area (Å²) in [6, 6.07) is 33.2. The Labute approximate surface area is 316 Å². The summed E-state index contributed by atoms with van der Waals surface area (Å²) in [5, 5.41) is 17.7. The van der Waals surface area contributed by atoms with Crippen LogP contribution in [0.3, 0.4) is 0 Å². The molecule has 54 heavy (non-hydrogen) atoms. The molecule has 0 radical (unpaired) electrons. The molecule has 0 saturated heterocycles. The van der Waals surface area contributed by atoms with Gasteiger partial charge in [0.2, 0.25) is 0 Å². The number of carbonyl (C=O) groups excluding carboxylic acids is 2. The van der Waals surface area contributed by atoms with Gasteiger partial charge >= 0.3 is 37.8 Å². The van der Waals surface area contributed by atoms with E-state index in [-0.39, 0.29) is 26.1 Å². The van der Waals surface area contributed by atoms with Crippen molar-refractivity contribution in [1.29, 1.82) is 0 Å². The maximum atomic E-state index is 15.5. The molecule has 4 rings (SSSR count). The van der Waals surface area contributed by atoms with Crippen molar-refractivity contribution in [2.24, 2.45) is 0 Å². The van der Waals surface area contributed by atoms with Gasteiger partial charge in [0.1, 0.15) is 0 Å². The van der Waals surface area contributed by atoms with E-state index in [1.165, 1.54) is 0 Å². The maximum Gasteiger partial charge on any atom is 0.378 e. The van der Waals surface area contributed by atoms with Gasteiger partial charge < -0.3 is 37.8 Å². The molecule has 4 aromatic carbocycles. The Hall–Kier alpha value is -3.96. The van der Waals surface area contributed by atoms with Crippen molar-refractivity contribution in [3.05, 3.63) is 144 Å². The van der Waals surface area contributed by atoms with Gasteiger partial charge in [-0.2, -0.15) is 0 Å². The first-order valence-electron chi connectivity index (χ1n) is 17.8. The molecule has 0 aromatic heterocycles. The number of hydrogen-bond acceptors (Lipinski definition) is 12. The molecule has 0 amide bonds. The third kappa shape index (κ3) is 10.4. The number of rotatable bonds is 23. The molecule has 12 nitrogen and oxygen atoms in total. The summed E-state index contributed by atoms with van der Waals surface area (Å²) in [6.07, 6.45) is 1.60. The van der Waals surface area contributed by atoms with Gasteiger partial charge in [-0.1, -0.05) is 148 Å². The first-order valence-corrected chi connectivity index (χ1v) is 20.8. The molecule has 4 aromatic rings. The molecular formula is C40H48O12P2. The summed E-state index contributed by atoms with van der Waals surface area (Å²) in [4.78, 5) is 29.0. The van der Waals surface area contributed by atoms with Crippen molar-refractivity contribution < 1.29 is 56.5 Å². The van der Waals surface area contributed by atoms with E-state index in [9.17, 15) is 19.8 Å². The highest BCUT2D eigenvalue weighted by molar-refractivity contribution is 7.62. The largest absolute Gasteiger partial charge is 0.463 e. The van der Waals surface area contributed by atoms with E-state index in [2.05, 4.69) is 0 Å². The number of ether oxygens (including phenoxy) is 2.